The molecule has 0 spiro atoms. The Morgan fingerprint density at radius 3 is 2.61 bits per heavy atom. The van der Waals surface area contributed by atoms with Gasteiger partial charge >= 0.3 is 0 Å². The summed E-state index contributed by atoms with van der Waals surface area (Å²) in [6.45, 7) is 6.93. The van der Waals surface area contributed by atoms with Gasteiger partial charge in [-0.2, -0.15) is 0 Å². The molecule has 4 heteroatoms. The van der Waals surface area contributed by atoms with Crippen LogP contribution in [0.5, 0.6) is 0 Å². The van der Waals surface area contributed by atoms with E-state index in [1.165, 1.54) is 10.4 Å². The van der Waals surface area contributed by atoms with Gasteiger partial charge in [0.15, 0.2) is 0 Å². The molecule has 0 radical (unpaired) electrons. The number of carbonyl (C=O) groups is 1. The molecule has 1 aromatic heterocycles. The zero-order valence-corrected chi connectivity index (χ0v) is 15.4. The zero-order chi connectivity index (χ0) is 16.6. The van der Waals surface area contributed by atoms with Crippen molar-refractivity contribution >= 4 is 34.5 Å². The normalized spacial score (nSPS) is 17.7. The van der Waals surface area contributed by atoms with Crippen molar-refractivity contribution in [2.24, 2.45) is 11.3 Å². The van der Waals surface area contributed by atoms with Gasteiger partial charge in [0.25, 0.3) is 5.91 Å². The quantitative estimate of drug-likeness (QED) is 0.730. The number of hydrogen-bond acceptors (Lipinski definition) is 2. The largest absolute Gasteiger partial charge is 0.322 e. The minimum atomic E-state index is -0.0148. The summed E-state index contributed by atoms with van der Waals surface area (Å²) < 4.78 is 0. The van der Waals surface area contributed by atoms with Gasteiger partial charge in [0.2, 0.25) is 0 Å². The molecule has 1 N–H and O–H groups in total. The van der Waals surface area contributed by atoms with E-state index >= 15 is 0 Å². The molecule has 0 fully saturated rings. The van der Waals surface area contributed by atoms with Gasteiger partial charge in [-0.3, -0.25) is 4.79 Å². The van der Waals surface area contributed by atoms with Crippen LogP contribution in [0.15, 0.2) is 29.6 Å². The number of amides is 1. The van der Waals surface area contributed by atoms with E-state index < -0.39 is 0 Å². The third kappa shape index (κ3) is 3.61. The van der Waals surface area contributed by atoms with Crippen LogP contribution in [-0.4, -0.2) is 5.91 Å². The smallest absolute Gasteiger partial charge is 0.256 e. The van der Waals surface area contributed by atoms with E-state index in [0.717, 1.165) is 30.5 Å². The molecule has 3 rings (SSSR count). The highest BCUT2D eigenvalue weighted by molar-refractivity contribution is 7.10. The molecule has 0 aliphatic heterocycles. The summed E-state index contributed by atoms with van der Waals surface area (Å²) in [5.74, 6) is 0.680. The van der Waals surface area contributed by atoms with Gasteiger partial charge in [0.05, 0.1) is 5.56 Å². The van der Waals surface area contributed by atoms with E-state index in [1.54, 1.807) is 23.5 Å². The van der Waals surface area contributed by atoms with Crippen molar-refractivity contribution in [2.45, 2.75) is 40.0 Å². The Balaban J connectivity index is 1.76. The number of benzene rings is 1. The van der Waals surface area contributed by atoms with Crippen LogP contribution in [0.1, 0.15) is 48.0 Å². The number of rotatable bonds is 2. The SMILES string of the molecule is CC(C)(C)C1CCc2c(C(=O)Nc3ccc(Cl)cc3)csc2C1. The third-order valence-corrected chi connectivity index (χ3v) is 6.03. The first-order chi connectivity index (χ1) is 10.8. The Morgan fingerprint density at radius 1 is 1.26 bits per heavy atom. The van der Waals surface area contributed by atoms with Crippen molar-refractivity contribution < 1.29 is 4.79 Å². The summed E-state index contributed by atoms with van der Waals surface area (Å²) in [5.41, 5.74) is 3.20. The molecule has 1 atom stereocenters. The highest BCUT2D eigenvalue weighted by atomic mass is 35.5. The molecule has 0 saturated carbocycles. The monoisotopic (exact) mass is 347 g/mol. The summed E-state index contributed by atoms with van der Waals surface area (Å²) in [6, 6.07) is 7.23. The van der Waals surface area contributed by atoms with E-state index in [2.05, 4.69) is 26.1 Å². The first-order valence-electron chi connectivity index (χ1n) is 8.01. The molecule has 1 heterocycles. The van der Waals surface area contributed by atoms with Gasteiger partial charge in [-0.1, -0.05) is 32.4 Å². The second kappa shape index (κ2) is 6.29. The molecule has 1 aromatic carbocycles. The fourth-order valence-electron chi connectivity index (χ4n) is 3.17. The summed E-state index contributed by atoms with van der Waals surface area (Å²) in [7, 11) is 0. The number of hydrogen-bond donors (Lipinski definition) is 1. The average Bonchev–Trinajstić information content (AvgIpc) is 2.92. The van der Waals surface area contributed by atoms with Crippen LogP contribution in [0.2, 0.25) is 5.02 Å². The molecule has 0 saturated heterocycles. The maximum Gasteiger partial charge on any atom is 0.256 e. The van der Waals surface area contributed by atoms with Gasteiger partial charge in [0.1, 0.15) is 0 Å². The molecule has 1 aliphatic rings. The van der Waals surface area contributed by atoms with E-state index in [-0.39, 0.29) is 5.91 Å². The molecular weight excluding hydrogens is 326 g/mol. The van der Waals surface area contributed by atoms with Crippen molar-refractivity contribution in [3.8, 4) is 0 Å². The van der Waals surface area contributed by atoms with Crippen LogP contribution in [-0.2, 0) is 12.8 Å². The fourth-order valence-corrected chi connectivity index (χ4v) is 4.46. The molecule has 2 nitrogen and oxygen atoms in total. The lowest BCUT2D eigenvalue weighted by molar-refractivity contribution is 0.102. The van der Waals surface area contributed by atoms with Gasteiger partial charge in [-0.15, -0.1) is 11.3 Å². The molecule has 122 valence electrons. The Bertz CT molecular complexity index is 712. The van der Waals surface area contributed by atoms with Gasteiger partial charge in [-0.25, -0.2) is 0 Å². The molecule has 1 unspecified atom stereocenters. The van der Waals surface area contributed by atoms with Crippen molar-refractivity contribution in [2.75, 3.05) is 5.32 Å². The lowest BCUT2D eigenvalue weighted by atomic mass is 9.72. The number of thiophene rings is 1. The summed E-state index contributed by atoms with van der Waals surface area (Å²) in [4.78, 5) is 14.0. The number of fused-ring (bicyclic) bond motifs is 1. The Labute approximate surface area is 146 Å². The maximum absolute atomic E-state index is 12.6. The molecule has 1 aliphatic carbocycles. The zero-order valence-electron chi connectivity index (χ0n) is 13.8. The van der Waals surface area contributed by atoms with Crippen LogP contribution >= 0.6 is 22.9 Å². The average molecular weight is 348 g/mol. The summed E-state index contributed by atoms with van der Waals surface area (Å²) >= 11 is 7.61. The van der Waals surface area contributed by atoms with Crippen molar-refractivity contribution in [1.29, 1.82) is 0 Å². The first-order valence-corrected chi connectivity index (χ1v) is 9.26. The van der Waals surface area contributed by atoms with Crippen LogP contribution in [0.4, 0.5) is 5.69 Å². The van der Waals surface area contributed by atoms with Crippen LogP contribution < -0.4 is 5.32 Å². The number of anilines is 1. The number of carbonyl (C=O) groups excluding carboxylic acids is 1. The highest BCUT2D eigenvalue weighted by Crippen LogP contribution is 2.40. The second-order valence-electron chi connectivity index (χ2n) is 7.32. The molecule has 0 bridgehead atoms. The van der Waals surface area contributed by atoms with Gasteiger partial charge in [-0.05, 0) is 60.4 Å². The van der Waals surface area contributed by atoms with Crippen molar-refractivity contribution in [3.63, 3.8) is 0 Å². The van der Waals surface area contributed by atoms with Gasteiger partial charge in [0, 0.05) is 21.0 Å². The van der Waals surface area contributed by atoms with E-state index in [9.17, 15) is 4.79 Å². The minimum Gasteiger partial charge on any atom is -0.322 e. The highest BCUT2D eigenvalue weighted by Gasteiger charge is 2.31. The van der Waals surface area contributed by atoms with Crippen LogP contribution in [0.25, 0.3) is 0 Å². The molecule has 1 amide bonds. The molecule has 2 aromatic rings. The summed E-state index contributed by atoms with van der Waals surface area (Å²) in [5, 5.41) is 5.66. The minimum absolute atomic E-state index is 0.0148. The predicted molar refractivity (Wildman–Crippen MR) is 98.7 cm³/mol. The van der Waals surface area contributed by atoms with Crippen molar-refractivity contribution in [3.05, 3.63) is 50.7 Å². The molecular formula is C19H22ClNOS. The third-order valence-electron chi connectivity index (χ3n) is 4.73. The standard InChI is InChI=1S/C19H22ClNOS/c1-19(2,3)12-4-9-15-16(11-23-17(15)10-12)18(22)21-14-7-5-13(20)6-8-14/h5-8,11-12H,4,9-10H2,1-3H3,(H,21,22). The van der Waals surface area contributed by atoms with Crippen LogP contribution in [0.3, 0.4) is 0 Å². The lowest BCUT2D eigenvalue weighted by Crippen LogP contribution is -2.27. The maximum atomic E-state index is 12.6. The summed E-state index contributed by atoms with van der Waals surface area (Å²) in [6.07, 6.45) is 3.26. The second-order valence-corrected chi connectivity index (χ2v) is 8.72. The van der Waals surface area contributed by atoms with Crippen molar-refractivity contribution in [1.82, 2.24) is 0 Å². The van der Waals surface area contributed by atoms with E-state index in [0.29, 0.717) is 16.4 Å². The Kier molecular flexibility index (Phi) is 4.52. The fraction of sp³-hybridized carbons (Fsp3) is 0.421. The lowest BCUT2D eigenvalue weighted by Gasteiger charge is -2.34. The molecule has 23 heavy (non-hydrogen) atoms. The van der Waals surface area contributed by atoms with E-state index in [1.807, 2.05) is 17.5 Å². The number of nitrogens with one attached hydrogen (secondary N) is 1. The predicted octanol–water partition coefficient (Wildman–Crippen LogP) is 5.80. The topological polar surface area (TPSA) is 29.1 Å². The first kappa shape index (κ1) is 16.5. The van der Waals surface area contributed by atoms with Crippen LogP contribution in [0, 0.1) is 11.3 Å². The number of halogens is 1. The van der Waals surface area contributed by atoms with E-state index in [4.69, 9.17) is 11.6 Å². The Morgan fingerprint density at radius 2 is 1.96 bits per heavy atom. The van der Waals surface area contributed by atoms with Gasteiger partial charge < -0.3 is 5.32 Å². The Hall–Kier alpha value is -1.32.